The Hall–Kier alpha value is -1.63. The van der Waals surface area contributed by atoms with Gasteiger partial charge in [-0.3, -0.25) is 4.79 Å². The molecule has 3 aliphatic rings. The molecule has 0 spiro atoms. The molecule has 2 heterocycles. The van der Waals surface area contributed by atoms with E-state index in [1.807, 2.05) is 11.0 Å². The van der Waals surface area contributed by atoms with Crippen molar-refractivity contribution < 1.29 is 19.4 Å². The lowest BCUT2D eigenvalue weighted by Gasteiger charge is -2.32. The zero-order valence-corrected chi connectivity index (χ0v) is 16.0. The highest BCUT2D eigenvalue weighted by molar-refractivity contribution is 5.98. The largest absolute Gasteiger partial charge is 0.491 e. The molecule has 2 N–H and O–H groups in total. The first kappa shape index (κ1) is 18.7. The first-order chi connectivity index (χ1) is 13.2. The highest BCUT2D eigenvalue weighted by Gasteiger charge is 2.48. The summed E-state index contributed by atoms with van der Waals surface area (Å²) in [5.74, 6) is 1.32. The number of hydrogen-bond acceptors (Lipinski definition) is 5. The molecular weight excluding hydrogens is 344 g/mol. The van der Waals surface area contributed by atoms with Gasteiger partial charge in [-0.25, -0.2) is 0 Å². The number of carbonyl (C=O) groups is 1. The fourth-order valence-corrected chi connectivity index (χ4v) is 4.85. The summed E-state index contributed by atoms with van der Waals surface area (Å²) in [6.07, 6.45) is 5.04. The van der Waals surface area contributed by atoms with E-state index in [0.717, 1.165) is 42.8 Å². The number of anilines is 1. The molecule has 148 valence electrons. The Morgan fingerprint density at radius 1 is 1.26 bits per heavy atom. The second-order valence-corrected chi connectivity index (χ2v) is 7.87. The third-order valence-corrected chi connectivity index (χ3v) is 6.23. The number of rotatable bonds is 8. The average molecular weight is 374 g/mol. The quantitative estimate of drug-likeness (QED) is 0.539. The molecule has 0 radical (unpaired) electrons. The van der Waals surface area contributed by atoms with Crippen molar-refractivity contribution in [3.8, 4) is 5.75 Å². The summed E-state index contributed by atoms with van der Waals surface area (Å²) >= 11 is 0. The number of benzene rings is 1. The molecule has 0 aromatic heterocycles. The van der Waals surface area contributed by atoms with Crippen molar-refractivity contribution in [1.82, 2.24) is 5.32 Å². The van der Waals surface area contributed by atoms with E-state index >= 15 is 0 Å². The van der Waals surface area contributed by atoms with Gasteiger partial charge in [-0.1, -0.05) is 18.9 Å². The van der Waals surface area contributed by atoms with Gasteiger partial charge in [-0.15, -0.1) is 0 Å². The van der Waals surface area contributed by atoms with Crippen LogP contribution in [0.15, 0.2) is 18.2 Å². The lowest BCUT2D eigenvalue weighted by Crippen LogP contribution is -2.36. The molecule has 1 amide bonds. The minimum absolute atomic E-state index is 0.0528. The van der Waals surface area contributed by atoms with Crippen molar-refractivity contribution in [1.29, 1.82) is 0 Å². The Bertz CT molecular complexity index is 676. The SMILES string of the molecule is COCCOc1cc(N2C(=O)C(CCO)C3CCCCC32)ccc1C1CN1. The lowest BCUT2D eigenvalue weighted by atomic mass is 9.78. The molecule has 1 saturated carbocycles. The van der Waals surface area contributed by atoms with E-state index in [1.54, 1.807) is 7.11 Å². The van der Waals surface area contributed by atoms with Crippen molar-refractivity contribution >= 4 is 11.6 Å². The predicted octanol–water partition coefficient (Wildman–Crippen LogP) is 2.26. The lowest BCUT2D eigenvalue weighted by molar-refractivity contribution is -0.121. The van der Waals surface area contributed by atoms with Gasteiger partial charge < -0.3 is 24.8 Å². The number of amides is 1. The summed E-state index contributed by atoms with van der Waals surface area (Å²) in [6.45, 7) is 2.07. The summed E-state index contributed by atoms with van der Waals surface area (Å²) in [7, 11) is 1.66. The number of nitrogens with one attached hydrogen (secondary N) is 1. The van der Waals surface area contributed by atoms with Crippen LogP contribution in [0, 0.1) is 11.8 Å². The van der Waals surface area contributed by atoms with Crippen LogP contribution in [0.5, 0.6) is 5.75 Å². The van der Waals surface area contributed by atoms with Crippen LogP contribution in [0.25, 0.3) is 0 Å². The van der Waals surface area contributed by atoms with Crippen molar-refractivity contribution in [3.63, 3.8) is 0 Å². The van der Waals surface area contributed by atoms with Gasteiger partial charge in [0.05, 0.1) is 6.61 Å². The van der Waals surface area contributed by atoms with Crippen LogP contribution < -0.4 is 15.0 Å². The summed E-state index contributed by atoms with van der Waals surface area (Å²) in [5.41, 5.74) is 2.07. The van der Waals surface area contributed by atoms with Crippen LogP contribution in [0.2, 0.25) is 0 Å². The maximum atomic E-state index is 13.2. The van der Waals surface area contributed by atoms with E-state index in [0.29, 0.717) is 31.6 Å². The smallest absolute Gasteiger partial charge is 0.230 e. The van der Waals surface area contributed by atoms with Crippen LogP contribution in [0.4, 0.5) is 5.69 Å². The number of nitrogens with zero attached hydrogens (tertiary/aromatic N) is 1. The van der Waals surface area contributed by atoms with Crippen LogP contribution in [-0.2, 0) is 9.53 Å². The number of ether oxygens (including phenoxy) is 2. The number of aliphatic hydroxyl groups is 1. The normalized spacial score (nSPS) is 29.7. The van der Waals surface area contributed by atoms with Gasteiger partial charge in [0.1, 0.15) is 12.4 Å². The Kier molecular flexibility index (Phi) is 5.66. The van der Waals surface area contributed by atoms with E-state index in [-0.39, 0.29) is 24.5 Å². The van der Waals surface area contributed by atoms with Crippen LogP contribution in [0.3, 0.4) is 0 Å². The van der Waals surface area contributed by atoms with Gasteiger partial charge in [0, 0.05) is 55.6 Å². The standard InChI is InChI=1S/C21H30N2O4/c1-26-10-11-27-20-12-14(6-7-17(20)18-13-22-18)23-19-5-3-2-4-15(19)16(8-9-24)21(23)25/h6-7,12,15-16,18-19,22,24H,2-5,8-11,13H2,1H3. The van der Waals surface area contributed by atoms with Gasteiger partial charge in [0.25, 0.3) is 0 Å². The van der Waals surface area contributed by atoms with Crippen LogP contribution >= 0.6 is 0 Å². The van der Waals surface area contributed by atoms with Crippen LogP contribution in [0.1, 0.15) is 43.7 Å². The zero-order chi connectivity index (χ0) is 18.8. The molecule has 4 unspecified atom stereocenters. The van der Waals surface area contributed by atoms with Crippen molar-refractivity contribution in [2.45, 2.75) is 44.2 Å². The van der Waals surface area contributed by atoms with E-state index < -0.39 is 0 Å². The molecule has 4 atom stereocenters. The second kappa shape index (κ2) is 8.17. The molecule has 6 nitrogen and oxygen atoms in total. The molecule has 1 aromatic rings. The summed E-state index contributed by atoms with van der Waals surface area (Å²) in [6, 6.07) is 6.77. The summed E-state index contributed by atoms with van der Waals surface area (Å²) in [5, 5.41) is 12.8. The van der Waals surface area contributed by atoms with Crippen molar-refractivity contribution in [2.75, 3.05) is 38.4 Å². The molecule has 2 saturated heterocycles. The van der Waals surface area contributed by atoms with Gasteiger partial charge >= 0.3 is 0 Å². The first-order valence-electron chi connectivity index (χ1n) is 10.2. The van der Waals surface area contributed by atoms with E-state index in [1.165, 1.54) is 6.42 Å². The highest BCUT2D eigenvalue weighted by atomic mass is 16.5. The number of methoxy groups -OCH3 is 1. The molecule has 1 aliphatic carbocycles. The Morgan fingerprint density at radius 3 is 2.81 bits per heavy atom. The molecule has 2 aliphatic heterocycles. The summed E-state index contributed by atoms with van der Waals surface area (Å²) < 4.78 is 11.1. The molecule has 6 heteroatoms. The molecule has 4 rings (SSSR count). The third-order valence-electron chi connectivity index (χ3n) is 6.23. The molecule has 1 aromatic carbocycles. The molecule has 3 fully saturated rings. The molecular formula is C21H30N2O4. The third kappa shape index (κ3) is 3.71. The minimum Gasteiger partial charge on any atom is -0.491 e. The monoisotopic (exact) mass is 374 g/mol. The molecule has 27 heavy (non-hydrogen) atoms. The highest BCUT2D eigenvalue weighted by Crippen LogP contribution is 2.45. The number of aliphatic hydroxyl groups excluding tert-OH is 1. The maximum absolute atomic E-state index is 13.2. The Balaban J connectivity index is 1.62. The van der Waals surface area contributed by atoms with E-state index in [2.05, 4.69) is 17.4 Å². The van der Waals surface area contributed by atoms with Crippen molar-refractivity contribution in [2.24, 2.45) is 11.8 Å². The topological polar surface area (TPSA) is 80.9 Å². The number of hydrogen-bond donors (Lipinski definition) is 2. The van der Waals surface area contributed by atoms with Gasteiger partial charge in [-0.2, -0.15) is 0 Å². The van der Waals surface area contributed by atoms with E-state index in [9.17, 15) is 9.90 Å². The maximum Gasteiger partial charge on any atom is 0.230 e. The van der Waals surface area contributed by atoms with Gasteiger partial charge in [0.15, 0.2) is 0 Å². The Morgan fingerprint density at radius 2 is 2.07 bits per heavy atom. The van der Waals surface area contributed by atoms with Gasteiger partial charge in [0.2, 0.25) is 5.91 Å². The van der Waals surface area contributed by atoms with Gasteiger partial charge in [-0.05, 0) is 31.2 Å². The fourth-order valence-electron chi connectivity index (χ4n) is 4.85. The molecule has 0 bridgehead atoms. The minimum atomic E-state index is -0.0528. The Labute approximate surface area is 160 Å². The second-order valence-electron chi connectivity index (χ2n) is 7.87. The van der Waals surface area contributed by atoms with Crippen LogP contribution in [-0.4, -0.2) is 50.5 Å². The van der Waals surface area contributed by atoms with Crippen molar-refractivity contribution in [3.05, 3.63) is 23.8 Å². The average Bonchev–Trinajstić information content (AvgIpc) is 3.48. The first-order valence-corrected chi connectivity index (χ1v) is 10.2. The summed E-state index contributed by atoms with van der Waals surface area (Å²) in [4.78, 5) is 15.2. The predicted molar refractivity (Wildman–Crippen MR) is 103 cm³/mol. The number of carbonyl (C=O) groups excluding carboxylic acids is 1. The van der Waals surface area contributed by atoms with E-state index in [4.69, 9.17) is 9.47 Å². The number of fused-ring (bicyclic) bond motifs is 1. The fraction of sp³-hybridized carbons (Fsp3) is 0.667. The zero-order valence-electron chi connectivity index (χ0n) is 16.0.